The second-order valence-electron chi connectivity index (χ2n) is 5.91. The number of hydrogen-bond donors (Lipinski definition) is 0. The SMILES string of the molecule is C=C(C)C1CC2CC(C1C)C2(C)C. The lowest BCUT2D eigenvalue weighted by molar-refractivity contribution is -0.120. The van der Waals surface area contributed by atoms with E-state index in [0.717, 1.165) is 23.7 Å². The molecule has 0 heterocycles. The van der Waals surface area contributed by atoms with Crippen molar-refractivity contribution in [2.75, 3.05) is 0 Å². The Morgan fingerprint density at radius 3 is 2.31 bits per heavy atom. The molecule has 74 valence electrons. The van der Waals surface area contributed by atoms with Gasteiger partial charge in [-0.05, 0) is 48.9 Å². The van der Waals surface area contributed by atoms with Crippen LogP contribution < -0.4 is 0 Å². The Morgan fingerprint density at radius 2 is 1.92 bits per heavy atom. The molecule has 0 nitrogen and oxygen atoms in total. The zero-order valence-electron chi connectivity index (χ0n) is 9.43. The molecule has 4 atom stereocenters. The summed E-state index contributed by atoms with van der Waals surface area (Å²) >= 11 is 0. The second kappa shape index (κ2) is 2.62. The summed E-state index contributed by atoms with van der Waals surface area (Å²) in [4.78, 5) is 0. The van der Waals surface area contributed by atoms with Crippen molar-refractivity contribution >= 4 is 0 Å². The number of rotatable bonds is 1. The van der Waals surface area contributed by atoms with Crippen LogP contribution in [-0.2, 0) is 0 Å². The summed E-state index contributed by atoms with van der Waals surface area (Å²) in [6, 6.07) is 0. The molecule has 0 aromatic rings. The lowest BCUT2D eigenvalue weighted by Crippen LogP contribution is -2.55. The fourth-order valence-electron chi connectivity index (χ4n) is 3.80. The second-order valence-corrected chi connectivity index (χ2v) is 5.91. The molecule has 0 amide bonds. The van der Waals surface area contributed by atoms with Crippen LogP contribution in [0.4, 0.5) is 0 Å². The average molecular weight is 178 g/mol. The molecule has 0 aliphatic heterocycles. The summed E-state index contributed by atoms with van der Waals surface area (Å²) in [7, 11) is 0. The lowest BCUT2D eigenvalue weighted by atomic mass is 9.43. The highest BCUT2D eigenvalue weighted by atomic mass is 14.6. The minimum absolute atomic E-state index is 0.630. The topological polar surface area (TPSA) is 0 Å². The number of hydrogen-bond acceptors (Lipinski definition) is 0. The van der Waals surface area contributed by atoms with Crippen molar-refractivity contribution in [3.63, 3.8) is 0 Å². The molecule has 0 heteroatoms. The van der Waals surface area contributed by atoms with Crippen LogP contribution in [-0.4, -0.2) is 0 Å². The van der Waals surface area contributed by atoms with E-state index in [1.165, 1.54) is 18.4 Å². The van der Waals surface area contributed by atoms with Gasteiger partial charge in [0.05, 0.1) is 0 Å². The molecule has 0 N–H and O–H groups in total. The van der Waals surface area contributed by atoms with Gasteiger partial charge in [0.2, 0.25) is 0 Å². The van der Waals surface area contributed by atoms with Crippen LogP contribution >= 0.6 is 0 Å². The van der Waals surface area contributed by atoms with Crippen LogP contribution in [0.15, 0.2) is 12.2 Å². The van der Waals surface area contributed by atoms with Crippen LogP contribution in [0.2, 0.25) is 0 Å². The standard InChI is InChI=1S/C13H22/c1-8(2)11-6-10-7-12(9(11)3)13(10,4)5/h9-12H,1,6-7H2,2-5H3. The molecule has 0 saturated heterocycles. The first-order valence-corrected chi connectivity index (χ1v) is 5.60. The van der Waals surface area contributed by atoms with E-state index in [4.69, 9.17) is 0 Å². The summed E-state index contributed by atoms with van der Waals surface area (Å²) in [5, 5.41) is 0. The summed E-state index contributed by atoms with van der Waals surface area (Å²) in [5.74, 6) is 3.64. The van der Waals surface area contributed by atoms with Gasteiger partial charge in [-0.2, -0.15) is 0 Å². The highest BCUT2D eigenvalue weighted by molar-refractivity contribution is 5.12. The predicted molar refractivity (Wildman–Crippen MR) is 57.5 cm³/mol. The fraction of sp³-hybridized carbons (Fsp3) is 0.846. The van der Waals surface area contributed by atoms with Gasteiger partial charge in [-0.15, -0.1) is 0 Å². The normalized spacial score (nSPS) is 46.8. The van der Waals surface area contributed by atoms with Crippen LogP contribution in [0, 0.1) is 29.1 Å². The van der Waals surface area contributed by atoms with Crippen molar-refractivity contribution in [3.05, 3.63) is 12.2 Å². The van der Waals surface area contributed by atoms with Gasteiger partial charge >= 0.3 is 0 Å². The van der Waals surface area contributed by atoms with Gasteiger partial charge in [0, 0.05) is 0 Å². The lowest BCUT2D eigenvalue weighted by Gasteiger charge is -2.62. The van der Waals surface area contributed by atoms with Gasteiger partial charge in [-0.1, -0.05) is 32.9 Å². The fourth-order valence-corrected chi connectivity index (χ4v) is 3.80. The monoisotopic (exact) mass is 178 g/mol. The van der Waals surface area contributed by atoms with Gasteiger partial charge in [0.25, 0.3) is 0 Å². The highest BCUT2D eigenvalue weighted by Crippen LogP contribution is 2.63. The quantitative estimate of drug-likeness (QED) is 0.534. The molecule has 2 bridgehead atoms. The van der Waals surface area contributed by atoms with E-state index in [0.29, 0.717) is 5.41 Å². The summed E-state index contributed by atoms with van der Waals surface area (Å²) in [5.41, 5.74) is 2.04. The summed E-state index contributed by atoms with van der Waals surface area (Å²) < 4.78 is 0. The molecule has 3 fully saturated rings. The smallest absolute Gasteiger partial charge is 0.0177 e. The van der Waals surface area contributed by atoms with Crippen LogP contribution in [0.5, 0.6) is 0 Å². The third-order valence-corrected chi connectivity index (χ3v) is 4.99. The maximum absolute atomic E-state index is 4.13. The number of fused-ring (bicyclic) bond motifs is 2. The van der Waals surface area contributed by atoms with Gasteiger partial charge < -0.3 is 0 Å². The molecular formula is C13H22. The molecular weight excluding hydrogens is 156 g/mol. The van der Waals surface area contributed by atoms with Crippen LogP contribution in [0.25, 0.3) is 0 Å². The maximum atomic E-state index is 4.13. The zero-order valence-corrected chi connectivity index (χ0v) is 9.43. The van der Waals surface area contributed by atoms with E-state index in [9.17, 15) is 0 Å². The van der Waals surface area contributed by atoms with E-state index in [1.807, 2.05) is 0 Å². The van der Waals surface area contributed by atoms with E-state index in [1.54, 1.807) is 0 Å². The third-order valence-electron chi connectivity index (χ3n) is 4.99. The average Bonchev–Trinajstić information content (AvgIpc) is 2.02. The first kappa shape index (κ1) is 9.30. The Balaban J connectivity index is 2.16. The summed E-state index contributed by atoms with van der Waals surface area (Å²) in [6.07, 6.45) is 2.89. The molecule has 3 saturated carbocycles. The van der Waals surface area contributed by atoms with Gasteiger partial charge in [0.15, 0.2) is 0 Å². The van der Waals surface area contributed by atoms with Crippen molar-refractivity contribution in [2.45, 2.75) is 40.5 Å². The molecule has 0 radical (unpaired) electrons. The molecule has 3 rings (SSSR count). The summed E-state index contributed by atoms with van der Waals surface area (Å²) in [6.45, 7) is 13.7. The Bertz CT molecular complexity index is 236. The van der Waals surface area contributed by atoms with Crippen molar-refractivity contribution in [1.29, 1.82) is 0 Å². The van der Waals surface area contributed by atoms with Crippen LogP contribution in [0.1, 0.15) is 40.5 Å². The molecule has 3 aliphatic carbocycles. The van der Waals surface area contributed by atoms with Crippen LogP contribution in [0.3, 0.4) is 0 Å². The highest BCUT2D eigenvalue weighted by Gasteiger charge is 2.55. The van der Waals surface area contributed by atoms with E-state index >= 15 is 0 Å². The molecule has 3 aliphatic rings. The third kappa shape index (κ3) is 1.11. The first-order valence-electron chi connectivity index (χ1n) is 5.60. The molecule has 0 spiro atoms. The van der Waals surface area contributed by atoms with E-state index in [-0.39, 0.29) is 0 Å². The van der Waals surface area contributed by atoms with E-state index < -0.39 is 0 Å². The van der Waals surface area contributed by atoms with Gasteiger partial charge in [-0.3, -0.25) is 0 Å². The largest absolute Gasteiger partial charge is 0.0999 e. The molecule has 0 aromatic heterocycles. The number of allylic oxidation sites excluding steroid dienone is 1. The van der Waals surface area contributed by atoms with Gasteiger partial charge in [-0.25, -0.2) is 0 Å². The van der Waals surface area contributed by atoms with E-state index in [2.05, 4.69) is 34.3 Å². The van der Waals surface area contributed by atoms with Crippen molar-refractivity contribution in [1.82, 2.24) is 0 Å². The molecule has 0 aromatic carbocycles. The minimum atomic E-state index is 0.630. The molecule has 13 heavy (non-hydrogen) atoms. The Hall–Kier alpha value is -0.260. The van der Waals surface area contributed by atoms with Crippen molar-refractivity contribution in [2.24, 2.45) is 29.1 Å². The Morgan fingerprint density at radius 1 is 1.31 bits per heavy atom. The predicted octanol–water partition coefficient (Wildman–Crippen LogP) is 3.88. The Kier molecular flexibility index (Phi) is 1.87. The zero-order chi connectivity index (χ0) is 9.80. The minimum Gasteiger partial charge on any atom is -0.0999 e. The van der Waals surface area contributed by atoms with Crippen molar-refractivity contribution < 1.29 is 0 Å². The van der Waals surface area contributed by atoms with Gasteiger partial charge in [0.1, 0.15) is 0 Å². The Labute approximate surface area is 82.4 Å². The maximum Gasteiger partial charge on any atom is -0.0177 e. The molecule has 4 unspecified atom stereocenters. The van der Waals surface area contributed by atoms with Crippen molar-refractivity contribution in [3.8, 4) is 0 Å². The first-order chi connectivity index (χ1) is 5.94.